The van der Waals surface area contributed by atoms with E-state index in [0.717, 1.165) is 76.7 Å². The Bertz CT molecular complexity index is 2830. The van der Waals surface area contributed by atoms with Gasteiger partial charge in [-0.2, -0.15) is 0 Å². The quantitative estimate of drug-likeness (QED) is 0.205. The molecule has 0 unspecified atom stereocenters. The molecule has 214 valence electrons. The third kappa shape index (κ3) is 3.72. The first kappa shape index (κ1) is 25.0. The van der Waals surface area contributed by atoms with Crippen molar-refractivity contribution < 1.29 is 8.83 Å². The van der Waals surface area contributed by atoms with Gasteiger partial charge in [0.2, 0.25) is 0 Å². The van der Waals surface area contributed by atoms with Crippen LogP contribution in [0.25, 0.3) is 99.6 Å². The van der Waals surface area contributed by atoms with Crippen LogP contribution in [0.4, 0.5) is 0 Å². The molecule has 3 heterocycles. The Morgan fingerprint density at radius 1 is 0.348 bits per heavy atom. The molecule has 10 rings (SSSR count). The summed E-state index contributed by atoms with van der Waals surface area (Å²) < 4.78 is 12.5. The molecule has 5 heteroatoms. The molecular formula is C41H23N3O2. The zero-order valence-electron chi connectivity index (χ0n) is 24.4. The van der Waals surface area contributed by atoms with E-state index in [9.17, 15) is 0 Å². The molecule has 0 aliphatic carbocycles. The maximum absolute atomic E-state index is 6.24. The van der Waals surface area contributed by atoms with E-state index in [1.54, 1.807) is 0 Å². The second-order valence-electron chi connectivity index (χ2n) is 11.6. The number of nitrogens with zero attached hydrogens (tertiary/aromatic N) is 3. The van der Waals surface area contributed by atoms with Crippen molar-refractivity contribution >= 4 is 65.4 Å². The molecule has 0 bridgehead atoms. The second kappa shape index (κ2) is 9.58. The van der Waals surface area contributed by atoms with Crippen LogP contribution in [0, 0.1) is 0 Å². The molecule has 0 saturated heterocycles. The van der Waals surface area contributed by atoms with Gasteiger partial charge in [-0.05, 0) is 57.9 Å². The van der Waals surface area contributed by atoms with Crippen molar-refractivity contribution in [3.8, 4) is 34.2 Å². The Balaban J connectivity index is 1.27. The lowest BCUT2D eigenvalue weighted by molar-refractivity contribution is 0.668. The van der Waals surface area contributed by atoms with Gasteiger partial charge in [-0.15, -0.1) is 0 Å². The van der Waals surface area contributed by atoms with Crippen LogP contribution in [0.3, 0.4) is 0 Å². The molecule has 0 saturated carbocycles. The maximum atomic E-state index is 6.24. The number of fused-ring (bicyclic) bond motifs is 9. The summed E-state index contributed by atoms with van der Waals surface area (Å²) >= 11 is 0. The highest BCUT2D eigenvalue weighted by Crippen LogP contribution is 2.40. The summed E-state index contributed by atoms with van der Waals surface area (Å²) in [5.41, 5.74) is 6.12. The number of furan rings is 2. The minimum absolute atomic E-state index is 0.595. The Hall–Kier alpha value is -6.33. The van der Waals surface area contributed by atoms with Crippen molar-refractivity contribution in [2.24, 2.45) is 0 Å². The fourth-order valence-corrected chi connectivity index (χ4v) is 6.81. The van der Waals surface area contributed by atoms with E-state index >= 15 is 0 Å². The average molecular weight is 590 g/mol. The van der Waals surface area contributed by atoms with Crippen LogP contribution >= 0.6 is 0 Å². The van der Waals surface area contributed by atoms with E-state index in [4.69, 9.17) is 23.8 Å². The second-order valence-corrected chi connectivity index (χ2v) is 11.6. The minimum Gasteiger partial charge on any atom is -0.456 e. The average Bonchev–Trinajstić information content (AvgIpc) is 3.70. The predicted octanol–water partition coefficient (Wildman–Crippen LogP) is 11.0. The minimum atomic E-state index is 0.595. The Kier molecular flexibility index (Phi) is 5.22. The molecule has 0 spiro atoms. The van der Waals surface area contributed by atoms with Crippen LogP contribution < -0.4 is 0 Å². The number of hydrogen-bond acceptors (Lipinski definition) is 5. The lowest BCUT2D eigenvalue weighted by Crippen LogP contribution is -2.01. The molecule has 5 nitrogen and oxygen atoms in total. The third-order valence-corrected chi connectivity index (χ3v) is 8.93. The first-order valence-electron chi connectivity index (χ1n) is 15.3. The highest BCUT2D eigenvalue weighted by atomic mass is 16.3. The third-order valence-electron chi connectivity index (χ3n) is 8.93. The van der Waals surface area contributed by atoms with Gasteiger partial charge >= 0.3 is 0 Å². The molecule has 0 aliphatic heterocycles. The van der Waals surface area contributed by atoms with Crippen molar-refractivity contribution in [1.29, 1.82) is 0 Å². The van der Waals surface area contributed by atoms with Gasteiger partial charge in [0.25, 0.3) is 0 Å². The van der Waals surface area contributed by atoms with Crippen molar-refractivity contribution in [3.05, 3.63) is 140 Å². The number of rotatable bonds is 3. The topological polar surface area (TPSA) is 65.0 Å². The van der Waals surface area contributed by atoms with Crippen LogP contribution in [0.15, 0.2) is 148 Å². The van der Waals surface area contributed by atoms with E-state index in [1.165, 1.54) is 5.39 Å². The molecule has 0 aliphatic rings. The summed E-state index contributed by atoms with van der Waals surface area (Å²) in [6, 6.07) is 47.5. The van der Waals surface area contributed by atoms with E-state index in [-0.39, 0.29) is 0 Å². The zero-order valence-corrected chi connectivity index (χ0v) is 24.4. The van der Waals surface area contributed by atoms with Gasteiger partial charge in [-0.1, -0.05) is 103 Å². The van der Waals surface area contributed by atoms with Gasteiger partial charge in [-0.25, -0.2) is 15.0 Å². The molecule has 0 N–H and O–H groups in total. The van der Waals surface area contributed by atoms with Gasteiger partial charge in [-0.3, -0.25) is 0 Å². The largest absolute Gasteiger partial charge is 0.456 e. The fraction of sp³-hybridized carbons (Fsp3) is 0. The summed E-state index contributed by atoms with van der Waals surface area (Å²) in [6.45, 7) is 0. The van der Waals surface area contributed by atoms with Crippen molar-refractivity contribution in [2.45, 2.75) is 0 Å². The predicted molar refractivity (Wildman–Crippen MR) is 186 cm³/mol. The first-order chi connectivity index (χ1) is 22.8. The van der Waals surface area contributed by atoms with Crippen molar-refractivity contribution in [3.63, 3.8) is 0 Å². The number of benzene rings is 7. The summed E-state index contributed by atoms with van der Waals surface area (Å²) in [5.74, 6) is 1.82. The normalized spacial score (nSPS) is 11.9. The Morgan fingerprint density at radius 2 is 0.935 bits per heavy atom. The summed E-state index contributed by atoms with van der Waals surface area (Å²) in [6.07, 6.45) is 0. The lowest BCUT2D eigenvalue weighted by Gasteiger charge is -2.11. The van der Waals surface area contributed by atoms with Gasteiger partial charge in [0.05, 0.1) is 0 Å². The molecule has 10 aromatic rings. The van der Waals surface area contributed by atoms with Crippen molar-refractivity contribution in [2.75, 3.05) is 0 Å². The van der Waals surface area contributed by atoms with E-state index in [2.05, 4.69) is 84.9 Å². The SMILES string of the molecule is c1ccc2cc(-c3nc(-c4cccc5c4ccc4oc6ccccc6c45)nc(-c4cccc5oc6ccccc6c45)n3)ccc2c1. The number of hydrogen-bond donors (Lipinski definition) is 0. The summed E-state index contributed by atoms with van der Waals surface area (Å²) in [4.78, 5) is 15.5. The molecule has 0 radical (unpaired) electrons. The highest BCUT2D eigenvalue weighted by Gasteiger charge is 2.20. The smallest absolute Gasteiger partial charge is 0.164 e. The van der Waals surface area contributed by atoms with E-state index in [0.29, 0.717) is 17.5 Å². The monoisotopic (exact) mass is 589 g/mol. The maximum Gasteiger partial charge on any atom is 0.164 e. The highest BCUT2D eigenvalue weighted by molar-refractivity contribution is 6.20. The molecule has 46 heavy (non-hydrogen) atoms. The van der Waals surface area contributed by atoms with Crippen LogP contribution in [0.5, 0.6) is 0 Å². The summed E-state index contributed by atoms with van der Waals surface area (Å²) in [5, 5.41) is 8.64. The molecule has 0 fully saturated rings. The lowest BCUT2D eigenvalue weighted by atomic mass is 9.99. The molecular weight excluding hydrogens is 566 g/mol. The Morgan fingerprint density at radius 3 is 1.76 bits per heavy atom. The molecule has 0 atom stereocenters. The van der Waals surface area contributed by atoms with Crippen molar-refractivity contribution in [1.82, 2.24) is 15.0 Å². The van der Waals surface area contributed by atoms with Gasteiger partial charge in [0.1, 0.15) is 22.3 Å². The van der Waals surface area contributed by atoms with Crippen LogP contribution in [0.1, 0.15) is 0 Å². The fourth-order valence-electron chi connectivity index (χ4n) is 6.81. The van der Waals surface area contributed by atoms with Crippen LogP contribution in [-0.2, 0) is 0 Å². The van der Waals surface area contributed by atoms with Gasteiger partial charge in [0, 0.05) is 38.2 Å². The van der Waals surface area contributed by atoms with E-state index < -0.39 is 0 Å². The van der Waals surface area contributed by atoms with E-state index in [1.807, 2.05) is 54.6 Å². The number of aromatic nitrogens is 3. The number of para-hydroxylation sites is 2. The Labute approximate surface area is 262 Å². The van der Waals surface area contributed by atoms with Crippen LogP contribution in [0.2, 0.25) is 0 Å². The zero-order chi connectivity index (χ0) is 30.2. The van der Waals surface area contributed by atoms with Gasteiger partial charge in [0.15, 0.2) is 17.5 Å². The summed E-state index contributed by atoms with van der Waals surface area (Å²) in [7, 11) is 0. The van der Waals surface area contributed by atoms with Crippen LogP contribution in [-0.4, -0.2) is 15.0 Å². The molecule has 3 aromatic heterocycles. The van der Waals surface area contributed by atoms with Gasteiger partial charge < -0.3 is 8.83 Å². The standard InChI is InChI=1S/C41H23N3O2/c1-2-10-25-23-26(20-19-24(25)9-1)39-42-40(44-41(43-39)32-15-8-18-35-38(32)31-12-4-6-17-34(31)45-35)29-14-7-13-28-27(29)21-22-36-37(28)30-11-3-5-16-33(30)46-36/h1-23H. The molecule has 7 aromatic carbocycles. The first-order valence-corrected chi connectivity index (χ1v) is 15.3. The molecule has 0 amide bonds.